The van der Waals surface area contributed by atoms with E-state index in [1.807, 2.05) is 12.4 Å². The summed E-state index contributed by atoms with van der Waals surface area (Å²) in [5.74, 6) is 0.881. The van der Waals surface area contributed by atoms with Crippen molar-refractivity contribution in [3.63, 3.8) is 0 Å². The van der Waals surface area contributed by atoms with Crippen molar-refractivity contribution in [1.82, 2.24) is 15.3 Å². The molecule has 0 aliphatic carbocycles. The summed E-state index contributed by atoms with van der Waals surface area (Å²) >= 11 is 19.8. The molecule has 0 unspecified atom stereocenters. The smallest absolute Gasteiger partial charge is 0.115 e. The van der Waals surface area contributed by atoms with Gasteiger partial charge in [-0.15, -0.1) is 11.8 Å². The van der Waals surface area contributed by atoms with E-state index in [9.17, 15) is 0 Å². The number of benzene rings is 1. The Morgan fingerprint density at radius 2 is 1.67 bits per heavy atom. The molecular formula is C14H14Cl3N3S. The van der Waals surface area contributed by atoms with E-state index in [0.717, 1.165) is 35.7 Å². The van der Waals surface area contributed by atoms with Gasteiger partial charge in [-0.05, 0) is 30.7 Å². The van der Waals surface area contributed by atoms with Crippen LogP contribution in [0.1, 0.15) is 5.56 Å². The average molecular weight is 363 g/mol. The first-order valence-corrected chi connectivity index (χ1v) is 8.50. The van der Waals surface area contributed by atoms with Crippen LogP contribution in [0.3, 0.4) is 0 Å². The van der Waals surface area contributed by atoms with Gasteiger partial charge in [0.25, 0.3) is 0 Å². The quantitative estimate of drug-likeness (QED) is 0.586. The molecule has 0 saturated heterocycles. The van der Waals surface area contributed by atoms with Crippen molar-refractivity contribution in [1.29, 1.82) is 0 Å². The first-order chi connectivity index (χ1) is 10.2. The van der Waals surface area contributed by atoms with Crippen molar-refractivity contribution in [3.05, 3.63) is 51.5 Å². The fourth-order valence-corrected chi connectivity index (χ4v) is 3.70. The van der Waals surface area contributed by atoms with Crippen molar-refractivity contribution in [2.45, 2.75) is 11.3 Å². The maximum Gasteiger partial charge on any atom is 0.115 e. The molecule has 3 nitrogen and oxygen atoms in total. The van der Waals surface area contributed by atoms with Gasteiger partial charge in [0, 0.05) is 34.6 Å². The lowest BCUT2D eigenvalue weighted by Gasteiger charge is -2.08. The Kier molecular flexibility index (Phi) is 7.07. The fourth-order valence-electron chi connectivity index (χ4n) is 1.71. The lowest BCUT2D eigenvalue weighted by atomic mass is 10.2. The predicted octanol–water partition coefficient (Wildman–Crippen LogP) is 4.36. The number of aromatic nitrogens is 2. The molecule has 1 aromatic carbocycles. The van der Waals surface area contributed by atoms with Gasteiger partial charge in [-0.25, -0.2) is 9.97 Å². The summed E-state index contributed by atoms with van der Waals surface area (Å²) in [6, 6.07) is 3.42. The second-order valence-corrected chi connectivity index (χ2v) is 6.65. The number of rotatable bonds is 7. The molecule has 112 valence electrons. The third-order valence-corrected chi connectivity index (χ3v) is 4.87. The van der Waals surface area contributed by atoms with Crippen LogP contribution in [0.5, 0.6) is 0 Å². The van der Waals surface area contributed by atoms with Crippen LogP contribution in [0.4, 0.5) is 0 Å². The molecule has 0 saturated carbocycles. The Hall–Kier alpha value is -0.520. The molecule has 1 N–H and O–H groups in total. The van der Waals surface area contributed by atoms with Crippen LogP contribution in [0, 0.1) is 0 Å². The van der Waals surface area contributed by atoms with Gasteiger partial charge in [0.05, 0.1) is 10.0 Å². The van der Waals surface area contributed by atoms with E-state index < -0.39 is 0 Å². The van der Waals surface area contributed by atoms with Gasteiger partial charge in [0.1, 0.15) is 6.33 Å². The van der Waals surface area contributed by atoms with Crippen LogP contribution >= 0.6 is 46.6 Å². The minimum absolute atomic E-state index is 0.553. The van der Waals surface area contributed by atoms with Crippen LogP contribution < -0.4 is 5.32 Å². The molecule has 0 bridgehead atoms. The molecule has 0 fully saturated rings. The van der Waals surface area contributed by atoms with Gasteiger partial charge >= 0.3 is 0 Å². The minimum atomic E-state index is 0.553. The molecule has 0 aliphatic heterocycles. The van der Waals surface area contributed by atoms with Gasteiger partial charge < -0.3 is 5.32 Å². The molecule has 0 atom stereocenters. The lowest BCUT2D eigenvalue weighted by Crippen LogP contribution is -2.20. The summed E-state index contributed by atoms with van der Waals surface area (Å²) < 4.78 is 0. The van der Waals surface area contributed by atoms with E-state index in [-0.39, 0.29) is 0 Å². The van der Waals surface area contributed by atoms with Crippen molar-refractivity contribution in [3.8, 4) is 0 Å². The van der Waals surface area contributed by atoms with E-state index in [1.54, 1.807) is 23.9 Å². The lowest BCUT2D eigenvalue weighted by molar-refractivity contribution is 0.718. The number of nitrogens with one attached hydrogen (secondary N) is 1. The fraction of sp³-hybridized carbons (Fsp3) is 0.286. The zero-order valence-corrected chi connectivity index (χ0v) is 14.2. The molecule has 0 spiro atoms. The molecule has 1 heterocycles. The first kappa shape index (κ1) is 16.8. The molecule has 7 heteroatoms. The zero-order valence-electron chi connectivity index (χ0n) is 11.2. The Labute approximate surface area is 143 Å². The zero-order chi connectivity index (χ0) is 15.1. The van der Waals surface area contributed by atoms with E-state index in [4.69, 9.17) is 34.8 Å². The summed E-state index contributed by atoms with van der Waals surface area (Å²) in [7, 11) is 0. The summed E-state index contributed by atoms with van der Waals surface area (Å²) in [6.45, 7) is 1.75. The SMILES string of the molecule is Clc1cc(Cl)c(SCCNCCc2cncnc2)c(Cl)c1. The molecular weight excluding hydrogens is 349 g/mol. The Bertz CT molecular complexity index is 558. The standard InChI is InChI=1S/C14H14Cl3N3S/c15-11-5-12(16)14(13(17)6-11)21-4-3-18-2-1-10-7-19-9-20-8-10/h5-9,18H,1-4H2. The molecule has 2 aromatic rings. The highest BCUT2D eigenvalue weighted by molar-refractivity contribution is 7.99. The molecule has 0 amide bonds. The van der Waals surface area contributed by atoms with Crippen molar-refractivity contribution in [2.24, 2.45) is 0 Å². The maximum atomic E-state index is 6.13. The highest BCUT2D eigenvalue weighted by Gasteiger charge is 2.08. The van der Waals surface area contributed by atoms with Crippen LogP contribution in [0.2, 0.25) is 15.1 Å². The monoisotopic (exact) mass is 361 g/mol. The van der Waals surface area contributed by atoms with E-state index in [1.165, 1.54) is 6.33 Å². The van der Waals surface area contributed by atoms with Gasteiger partial charge in [-0.2, -0.15) is 0 Å². The predicted molar refractivity (Wildman–Crippen MR) is 90.8 cm³/mol. The van der Waals surface area contributed by atoms with Gasteiger partial charge in [-0.1, -0.05) is 34.8 Å². The van der Waals surface area contributed by atoms with Crippen LogP contribution in [0.15, 0.2) is 35.7 Å². The number of nitrogens with zero attached hydrogens (tertiary/aromatic N) is 2. The van der Waals surface area contributed by atoms with E-state index in [2.05, 4.69) is 15.3 Å². The van der Waals surface area contributed by atoms with Crippen molar-refractivity contribution < 1.29 is 0 Å². The molecule has 21 heavy (non-hydrogen) atoms. The van der Waals surface area contributed by atoms with Gasteiger partial charge in [0.15, 0.2) is 0 Å². The van der Waals surface area contributed by atoms with Gasteiger partial charge in [-0.3, -0.25) is 0 Å². The average Bonchev–Trinajstić information content (AvgIpc) is 2.45. The second kappa shape index (κ2) is 8.81. The highest BCUT2D eigenvalue weighted by atomic mass is 35.5. The number of halogens is 3. The van der Waals surface area contributed by atoms with E-state index >= 15 is 0 Å². The van der Waals surface area contributed by atoms with Crippen molar-refractivity contribution in [2.75, 3.05) is 18.8 Å². The topological polar surface area (TPSA) is 37.8 Å². The highest BCUT2D eigenvalue weighted by Crippen LogP contribution is 2.36. The number of thioether (sulfide) groups is 1. The van der Waals surface area contributed by atoms with Crippen LogP contribution in [-0.2, 0) is 6.42 Å². The normalized spacial score (nSPS) is 10.8. The Morgan fingerprint density at radius 3 is 2.33 bits per heavy atom. The maximum absolute atomic E-state index is 6.13. The summed E-state index contributed by atoms with van der Waals surface area (Å²) in [6.07, 6.45) is 6.11. The van der Waals surface area contributed by atoms with E-state index in [0.29, 0.717) is 15.1 Å². The first-order valence-electron chi connectivity index (χ1n) is 6.39. The summed E-state index contributed by atoms with van der Waals surface area (Å²) in [5, 5.41) is 5.11. The summed E-state index contributed by atoms with van der Waals surface area (Å²) in [4.78, 5) is 8.84. The third-order valence-electron chi connectivity index (χ3n) is 2.69. The molecule has 2 rings (SSSR count). The van der Waals surface area contributed by atoms with Crippen LogP contribution in [-0.4, -0.2) is 28.8 Å². The number of hydrogen-bond donors (Lipinski definition) is 1. The third kappa shape index (κ3) is 5.64. The molecule has 1 aromatic heterocycles. The molecule has 0 radical (unpaired) electrons. The molecule has 0 aliphatic rings. The minimum Gasteiger partial charge on any atom is -0.316 e. The Morgan fingerprint density at radius 1 is 1.00 bits per heavy atom. The Balaban J connectivity index is 1.68. The van der Waals surface area contributed by atoms with Crippen molar-refractivity contribution >= 4 is 46.6 Å². The largest absolute Gasteiger partial charge is 0.316 e. The second-order valence-electron chi connectivity index (χ2n) is 4.29. The van der Waals surface area contributed by atoms with Crippen LogP contribution in [0.25, 0.3) is 0 Å². The van der Waals surface area contributed by atoms with Gasteiger partial charge in [0.2, 0.25) is 0 Å². The summed E-state index contributed by atoms with van der Waals surface area (Å²) in [5.41, 5.74) is 1.13. The number of hydrogen-bond acceptors (Lipinski definition) is 4.